The number of aliphatic hydroxyl groups is 1. The van der Waals surface area contributed by atoms with Crippen molar-refractivity contribution < 1.29 is 22.7 Å². The molecule has 0 aromatic heterocycles. The molecule has 2 rings (SSSR count). The standard InChI is InChI=1S/C12H13F4NO.ClH/c13-9-5-7(12(14,15)16)3-4-8(9)10(17)11(18)6-1-2-6;/h3-6,10-11,18H,1-2,17H2;1H/t10-,11+;/m0./s1. The van der Waals surface area contributed by atoms with E-state index >= 15 is 0 Å². The lowest BCUT2D eigenvalue weighted by atomic mass is 9.97. The largest absolute Gasteiger partial charge is 0.416 e. The van der Waals surface area contributed by atoms with Gasteiger partial charge in [0, 0.05) is 5.56 Å². The highest BCUT2D eigenvalue weighted by Gasteiger charge is 2.36. The Kier molecular flexibility index (Phi) is 4.81. The lowest BCUT2D eigenvalue weighted by Gasteiger charge is -2.20. The summed E-state index contributed by atoms with van der Waals surface area (Å²) in [6.45, 7) is 0. The van der Waals surface area contributed by atoms with Gasteiger partial charge in [-0.15, -0.1) is 12.4 Å². The third-order valence-corrected chi connectivity index (χ3v) is 3.16. The number of nitrogens with two attached hydrogens (primary N) is 1. The molecule has 0 spiro atoms. The van der Waals surface area contributed by atoms with Gasteiger partial charge in [0.1, 0.15) is 5.82 Å². The second-order valence-electron chi connectivity index (χ2n) is 4.59. The first-order chi connectivity index (χ1) is 8.30. The smallest absolute Gasteiger partial charge is 0.391 e. The normalized spacial score (nSPS) is 18.6. The van der Waals surface area contributed by atoms with Gasteiger partial charge in [-0.1, -0.05) is 6.07 Å². The van der Waals surface area contributed by atoms with Crippen molar-refractivity contribution in [1.29, 1.82) is 0 Å². The number of hydrogen-bond donors (Lipinski definition) is 2. The Morgan fingerprint density at radius 3 is 2.26 bits per heavy atom. The maximum absolute atomic E-state index is 13.6. The molecule has 19 heavy (non-hydrogen) atoms. The van der Waals surface area contributed by atoms with Gasteiger partial charge in [0.05, 0.1) is 17.7 Å². The van der Waals surface area contributed by atoms with Crippen LogP contribution in [0.1, 0.15) is 30.0 Å². The average molecular weight is 300 g/mol. The van der Waals surface area contributed by atoms with Crippen molar-refractivity contribution in [2.75, 3.05) is 0 Å². The molecule has 0 aliphatic heterocycles. The van der Waals surface area contributed by atoms with E-state index in [9.17, 15) is 22.7 Å². The summed E-state index contributed by atoms with van der Waals surface area (Å²) >= 11 is 0. The fraction of sp³-hybridized carbons (Fsp3) is 0.500. The van der Waals surface area contributed by atoms with Crippen LogP contribution in [-0.4, -0.2) is 11.2 Å². The molecule has 108 valence electrons. The minimum Gasteiger partial charge on any atom is -0.391 e. The number of hydrogen-bond acceptors (Lipinski definition) is 2. The molecular weight excluding hydrogens is 286 g/mol. The Labute approximate surface area is 114 Å². The van der Waals surface area contributed by atoms with E-state index in [0.29, 0.717) is 6.07 Å². The zero-order valence-electron chi connectivity index (χ0n) is 9.82. The molecule has 0 heterocycles. The number of alkyl halides is 3. The van der Waals surface area contributed by atoms with Crippen LogP contribution in [0.5, 0.6) is 0 Å². The molecule has 3 N–H and O–H groups in total. The summed E-state index contributed by atoms with van der Waals surface area (Å²) in [5.41, 5.74) is 4.53. The Hall–Kier alpha value is -0.850. The lowest BCUT2D eigenvalue weighted by Crippen LogP contribution is -2.28. The minimum atomic E-state index is -4.58. The van der Waals surface area contributed by atoms with Crippen LogP contribution in [0, 0.1) is 11.7 Å². The maximum Gasteiger partial charge on any atom is 0.416 e. The third-order valence-electron chi connectivity index (χ3n) is 3.16. The quantitative estimate of drug-likeness (QED) is 0.843. The van der Waals surface area contributed by atoms with Crippen molar-refractivity contribution in [1.82, 2.24) is 0 Å². The summed E-state index contributed by atoms with van der Waals surface area (Å²) in [5.74, 6) is -1.00. The number of rotatable bonds is 3. The zero-order chi connectivity index (χ0) is 13.5. The Morgan fingerprint density at radius 1 is 1.26 bits per heavy atom. The van der Waals surface area contributed by atoms with E-state index in [4.69, 9.17) is 5.73 Å². The van der Waals surface area contributed by atoms with Gasteiger partial charge in [0.2, 0.25) is 0 Å². The second-order valence-corrected chi connectivity index (χ2v) is 4.59. The van der Waals surface area contributed by atoms with E-state index in [0.717, 1.165) is 25.0 Å². The fourth-order valence-corrected chi connectivity index (χ4v) is 1.89. The summed E-state index contributed by atoms with van der Waals surface area (Å²) in [6, 6.07) is 1.20. The highest BCUT2D eigenvalue weighted by Crippen LogP contribution is 2.38. The van der Waals surface area contributed by atoms with Crippen LogP contribution in [0.4, 0.5) is 17.6 Å². The van der Waals surface area contributed by atoms with Crippen molar-refractivity contribution >= 4 is 12.4 Å². The molecule has 0 saturated heterocycles. The molecule has 7 heteroatoms. The van der Waals surface area contributed by atoms with E-state index in [1.807, 2.05) is 0 Å². The maximum atomic E-state index is 13.6. The lowest BCUT2D eigenvalue weighted by molar-refractivity contribution is -0.137. The number of halogens is 5. The van der Waals surface area contributed by atoms with E-state index in [2.05, 4.69) is 0 Å². The molecule has 2 nitrogen and oxygen atoms in total. The summed E-state index contributed by atoms with van der Waals surface area (Å²) < 4.78 is 50.6. The summed E-state index contributed by atoms with van der Waals surface area (Å²) in [6.07, 6.45) is -3.86. The molecule has 0 radical (unpaired) electrons. The van der Waals surface area contributed by atoms with Gasteiger partial charge in [-0.25, -0.2) is 4.39 Å². The van der Waals surface area contributed by atoms with Gasteiger partial charge in [0.25, 0.3) is 0 Å². The summed E-state index contributed by atoms with van der Waals surface area (Å²) in [7, 11) is 0. The van der Waals surface area contributed by atoms with Crippen LogP contribution in [0.2, 0.25) is 0 Å². The zero-order valence-corrected chi connectivity index (χ0v) is 10.6. The Bertz CT molecular complexity index is 448. The first-order valence-corrected chi connectivity index (χ1v) is 5.61. The molecule has 2 atom stereocenters. The van der Waals surface area contributed by atoms with Crippen LogP contribution >= 0.6 is 12.4 Å². The molecule has 0 bridgehead atoms. The van der Waals surface area contributed by atoms with E-state index in [1.165, 1.54) is 0 Å². The van der Waals surface area contributed by atoms with Crippen molar-refractivity contribution in [2.45, 2.75) is 31.2 Å². The SMILES string of the molecule is Cl.N[C@@H](c1ccc(C(F)(F)F)cc1F)[C@H](O)C1CC1. The molecule has 0 unspecified atom stereocenters. The van der Waals surface area contributed by atoms with Crippen LogP contribution in [0.15, 0.2) is 18.2 Å². The topological polar surface area (TPSA) is 46.2 Å². The van der Waals surface area contributed by atoms with E-state index in [-0.39, 0.29) is 23.9 Å². The Morgan fingerprint density at radius 2 is 1.84 bits per heavy atom. The predicted octanol–water partition coefficient (Wildman–Crippen LogP) is 3.04. The van der Waals surface area contributed by atoms with Crippen LogP contribution in [0.25, 0.3) is 0 Å². The summed E-state index contributed by atoms with van der Waals surface area (Å²) in [4.78, 5) is 0. The second kappa shape index (κ2) is 5.64. The molecule has 1 saturated carbocycles. The first-order valence-electron chi connectivity index (χ1n) is 5.61. The molecule has 1 fully saturated rings. The van der Waals surface area contributed by atoms with Gasteiger partial charge in [-0.05, 0) is 30.9 Å². The highest BCUT2D eigenvalue weighted by atomic mass is 35.5. The molecule has 1 aromatic rings. The average Bonchev–Trinajstić information content (AvgIpc) is 3.09. The van der Waals surface area contributed by atoms with Gasteiger partial charge in [-0.3, -0.25) is 0 Å². The summed E-state index contributed by atoms with van der Waals surface area (Å²) in [5, 5.41) is 9.75. The van der Waals surface area contributed by atoms with Crippen LogP contribution < -0.4 is 5.73 Å². The minimum absolute atomic E-state index is 0. The number of benzene rings is 1. The van der Waals surface area contributed by atoms with E-state index in [1.54, 1.807) is 0 Å². The highest BCUT2D eigenvalue weighted by molar-refractivity contribution is 5.85. The monoisotopic (exact) mass is 299 g/mol. The van der Waals surface area contributed by atoms with Crippen molar-refractivity contribution in [3.8, 4) is 0 Å². The molecule has 0 amide bonds. The molecule has 1 aromatic carbocycles. The van der Waals surface area contributed by atoms with Gasteiger partial charge < -0.3 is 10.8 Å². The molecule has 1 aliphatic carbocycles. The van der Waals surface area contributed by atoms with Crippen molar-refractivity contribution in [3.05, 3.63) is 35.1 Å². The van der Waals surface area contributed by atoms with Crippen LogP contribution in [0.3, 0.4) is 0 Å². The molecular formula is C12H14ClF4NO. The van der Waals surface area contributed by atoms with Crippen molar-refractivity contribution in [3.63, 3.8) is 0 Å². The Balaban J connectivity index is 0.00000180. The third kappa shape index (κ3) is 3.58. The predicted molar refractivity (Wildman–Crippen MR) is 64.3 cm³/mol. The molecule has 1 aliphatic rings. The van der Waals surface area contributed by atoms with Gasteiger partial charge in [-0.2, -0.15) is 13.2 Å². The van der Waals surface area contributed by atoms with Crippen molar-refractivity contribution in [2.24, 2.45) is 11.7 Å². The number of aliphatic hydroxyl groups excluding tert-OH is 1. The van der Waals surface area contributed by atoms with Gasteiger partial charge >= 0.3 is 6.18 Å². The van der Waals surface area contributed by atoms with E-state index < -0.39 is 29.7 Å². The fourth-order valence-electron chi connectivity index (χ4n) is 1.89. The van der Waals surface area contributed by atoms with Crippen LogP contribution in [-0.2, 0) is 6.18 Å². The first kappa shape index (κ1) is 16.2. The van der Waals surface area contributed by atoms with Gasteiger partial charge in [0.15, 0.2) is 0 Å².